The lowest BCUT2D eigenvalue weighted by Gasteiger charge is -2.15. The van der Waals surface area contributed by atoms with Gasteiger partial charge in [-0.25, -0.2) is 0 Å². The summed E-state index contributed by atoms with van der Waals surface area (Å²) in [5, 5.41) is 12.6. The highest BCUT2D eigenvalue weighted by Crippen LogP contribution is 2.31. The van der Waals surface area contributed by atoms with E-state index in [1.54, 1.807) is 42.7 Å². The Bertz CT molecular complexity index is 903. The first-order valence-electron chi connectivity index (χ1n) is 8.12. The van der Waals surface area contributed by atoms with Gasteiger partial charge < -0.3 is 14.8 Å². The molecule has 3 rings (SSSR count). The number of alkyl halides is 3. The zero-order valence-corrected chi connectivity index (χ0v) is 14.0. The third-order valence-electron chi connectivity index (χ3n) is 4.03. The van der Waals surface area contributed by atoms with Crippen LogP contribution >= 0.6 is 0 Å². The molecule has 0 fully saturated rings. The van der Waals surface area contributed by atoms with Crippen LogP contribution in [0.1, 0.15) is 27.6 Å². The number of hydrogen-bond acceptors (Lipinski definition) is 3. The largest absolute Gasteiger partial charge is 0.464 e. The summed E-state index contributed by atoms with van der Waals surface area (Å²) in [6, 6.07) is 14.9. The lowest BCUT2D eigenvalue weighted by Crippen LogP contribution is -2.30. The maximum Gasteiger partial charge on any atom is 0.417 e. The fourth-order valence-corrected chi connectivity index (χ4v) is 2.64. The van der Waals surface area contributed by atoms with Gasteiger partial charge in [-0.15, -0.1) is 0 Å². The summed E-state index contributed by atoms with van der Waals surface area (Å²) >= 11 is 0. The van der Waals surface area contributed by atoms with E-state index in [9.17, 15) is 23.1 Å². The molecule has 2 aromatic carbocycles. The standard InChI is InChI=1S/C20H16F3NO3/c21-20(22,23)16-5-2-1-4-15(16)19(26)24-12-17(25)13-7-9-14(10-8-13)18-6-3-11-27-18/h1-11,17,25H,12H2,(H,24,26)/t17-/m0/s1. The molecule has 1 heterocycles. The average molecular weight is 375 g/mol. The second-order valence-electron chi connectivity index (χ2n) is 5.87. The van der Waals surface area contributed by atoms with Crippen molar-refractivity contribution in [1.82, 2.24) is 5.32 Å². The lowest BCUT2D eigenvalue weighted by molar-refractivity contribution is -0.137. The van der Waals surface area contributed by atoms with Gasteiger partial charge >= 0.3 is 6.18 Å². The predicted molar refractivity (Wildman–Crippen MR) is 92.9 cm³/mol. The minimum atomic E-state index is -4.63. The molecule has 1 atom stereocenters. The highest BCUT2D eigenvalue weighted by Gasteiger charge is 2.34. The van der Waals surface area contributed by atoms with Gasteiger partial charge in [0.1, 0.15) is 5.76 Å². The maximum absolute atomic E-state index is 13.0. The van der Waals surface area contributed by atoms with Crippen molar-refractivity contribution in [1.29, 1.82) is 0 Å². The Morgan fingerprint density at radius 1 is 1.04 bits per heavy atom. The normalized spacial score (nSPS) is 12.6. The Kier molecular flexibility index (Phi) is 5.32. The number of hydrogen-bond donors (Lipinski definition) is 2. The number of carbonyl (C=O) groups is 1. The van der Waals surface area contributed by atoms with Crippen LogP contribution in [0.2, 0.25) is 0 Å². The molecule has 0 saturated heterocycles. The van der Waals surface area contributed by atoms with E-state index in [2.05, 4.69) is 5.32 Å². The molecule has 0 saturated carbocycles. The quantitative estimate of drug-likeness (QED) is 0.694. The average Bonchev–Trinajstić information content (AvgIpc) is 3.20. The second kappa shape index (κ2) is 7.67. The molecular formula is C20H16F3NO3. The van der Waals surface area contributed by atoms with E-state index in [1.807, 2.05) is 0 Å². The van der Waals surface area contributed by atoms with Gasteiger partial charge in [-0.05, 0) is 29.8 Å². The highest BCUT2D eigenvalue weighted by molar-refractivity contribution is 5.95. The molecule has 0 radical (unpaired) electrons. The van der Waals surface area contributed by atoms with Crippen LogP contribution in [0.3, 0.4) is 0 Å². The van der Waals surface area contributed by atoms with Crippen LogP contribution in [-0.4, -0.2) is 17.6 Å². The zero-order valence-electron chi connectivity index (χ0n) is 14.0. The van der Waals surface area contributed by atoms with Crippen LogP contribution in [0.15, 0.2) is 71.3 Å². The number of carbonyl (C=O) groups excluding carboxylic acids is 1. The number of rotatable bonds is 5. The molecular weight excluding hydrogens is 359 g/mol. The van der Waals surface area contributed by atoms with Crippen LogP contribution < -0.4 is 5.32 Å². The van der Waals surface area contributed by atoms with Gasteiger partial charge in [0, 0.05) is 12.1 Å². The van der Waals surface area contributed by atoms with Crippen molar-refractivity contribution in [2.45, 2.75) is 12.3 Å². The molecule has 3 aromatic rings. The molecule has 4 nitrogen and oxygen atoms in total. The van der Waals surface area contributed by atoms with Crippen molar-refractivity contribution in [3.05, 3.63) is 83.6 Å². The van der Waals surface area contributed by atoms with Crippen molar-refractivity contribution < 1.29 is 27.5 Å². The van der Waals surface area contributed by atoms with E-state index in [1.165, 1.54) is 12.1 Å². The molecule has 2 N–H and O–H groups in total. The van der Waals surface area contributed by atoms with Crippen LogP contribution in [0.25, 0.3) is 11.3 Å². The summed E-state index contributed by atoms with van der Waals surface area (Å²) in [6.07, 6.45) is -4.14. The third kappa shape index (κ3) is 4.38. The van der Waals surface area contributed by atoms with Crippen LogP contribution in [0, 0.1) is 0 Å². The van der Waals surface area contributed by atoms with Crippen molar-refractivity contribution in [3.8, 4) is 11.3 Å². The molecule has 0 aliphatic carbocycles. The van der Waals surface area contributed by atoms with E-state index in [0.717, 1.165) is 17.7 Å². The third-order valence-corrected chi connectivity index (χ3v) is 4.03. The van der Waals surface area contributed by atoms with Gasteiger partial charge in [0.2, 0.25) is 0 Å². The minimum Gasteiger partial charge on any atom is -0.464 e. The Morgan fingerprint density at radius 3 is 2.37 bits per heavy atom. The van der Waals surface area contributed by atoms with Gasteiger partial charge in [-0.2, -0.15) is 13.2 Å². The molecule has 0 spiro atoms. The Balaban J connectivity index is 1.66. The summed E-state index contributed by atoms with van der Waals surface area (Å²) in [6.45, 7) is -0.217. The van der Waals surface area contributed by atoms with E-state index in [0.29, 0.717) is 11.3 Å². The molecule has 1 aromatic heterocycles. The molecule has 7 heteroatoms. The van der Waals surface area contributed by atoms with Gasteiger partial charge in [-0.3, -0.25) is 4.79 Å². The predicted octanol–water partition coefficient (Wildman–Crippen LogP) is 4.43. The Hall–Kier alpha value is -3.06. The first kappa shape index (κ1) is 18.7. The number of aliphatic hydroxyl groups excluding tert-OH is 1. The molecule has 0 unspecified atom stereocenters. The van der Waals surface area contributed by atoms with Gasteiger partial charge in [0.15, 0.2) is 0 Å². The Morgan fingerprint density at radius 2 is 1.74 bits per heavy atom. The van der Waals surface area contributed by atoms with Crippen molar-refractivity contribution in [2.24, 2.45) is 0 Å². The van der Waals surface area contributed by atoms with E-state index in [4.69, 9.17) is 4.42 Å². The van der Waals surface area contributed by atoms with Crippen LogP contribution in [0.5, 0.6) is 0 Å². The number of halogens is 3. The summed E-state index contributed by atoms with van der Waals surface area (Å²) in [7, 11) is 0. The van der Waals surface area contributed by atoms with Gasteiger partial charge in [0.25, 0.3) is 5.91 Å². The topological polar surface area (TPSA) is 62.5 Å². The van der Waals surface area contributed by atoms with E-state index < -0.39 is 29.3 Å². The number of aliphatic hydroxyl groups is 1. The maximum atomic E-state index is 13.0. The number of amides is 1. The van der Waals surface area contributed by atoms with Gasteiger partial charge in [0.05, 0.1) is 23.5 Å². The summed E-state index contributed by atoms with van der Waals surface area (Å²) in [5.74, 6) is -0.220. The van der Waals surface area contributed by atoms with E-state index in [-0.39, 0.29) is 6.54 Å². The number of benzene rings is 2. The summed E-state index contributed by atoms with van der Waals surface area (Å²) in [5.41, 5.74) is -0.154. The molecule has 1 amide bonds. The van der Waals surface area contributed by atoms with Gasteiger partial charge in [-0.1, -0.05) is 36.4 Å². The first-order valence-corrected chi connectivity index (χ1v) is 8.12. The van der Waals surface area contributed by atoms with E-state index >= 15 is 0 Å². The monoisotopic (exact) mass is 375 g/mol. The molecule has 0 bridgehead atoms. The molecule has 0 aliphatic rings. The summed E-state index contributed by atoms with van der Waals surface area (Å²) < 4.78 is 44.2. The lowest BCUT2D eigenvalue weighted by atomic mass is 10.0. The molecule has 27 heavy (non-hydrogen) atoms. The SMILES string of the molecule is O=C(NC[C@H](O)c1ccc(-c2ccco2)cc1)c1ccccc1C(F)(F)F. The zero-order chi connectivity index (χ0) is 19.4. The van der Waals surface area contributed by atoms with Crippen molar-refractivity contribution in [3.63, 3.8) is 0 Å². The fourth-order valence-electron chi connectivity index (χ4n) is 2.64. The fraction of sp³-hybridized carbons (Fsp3) is 0.150. The number of nitrogens with one attached hydrogen (secondary N) is 1. The van der Waals surface area contributed by atoms with Crippen LogP contribution in [-0.2, 0) is 6.18 Å². The minimum absolute atomic E-state index is 0.217. The van der Waals surface area contributed by atoms with Crippen molar-refractivity contribution in [2.75, 3.05) is 6.54 Å². The van der Waals surface area contributed by atoms with Crippen LogP contribution in [0.4, 0.5) is 13.2 Å². The molecule has 140 valence electrons. The highest BCUT2D eigenvalue weighted by atomic mass is 19.4. The Labute approximate surface area is 153 Å². The second-order valence-corrected chi connectivity index (χ2v) is 5.87. The van der Waals surface area contributed by atoms with Crippen molar-refractivity contribution >= 4 is 5.91 Å². The number of furan rings is 1. The first-order chi connectivity index (χ1) is 12.9. The summed E-state index contributed by atoms with van der Waals surface area (Å²) in [4.78, 5) is 12.1. The smallest absolute Gasteiger partial charge is 0.417 e. The molecule has 0 aliphatic heterocycles.